The summed E-state index contributed by atoms with van der Waals surface area (Å²) in [4.78, 5) is 28.3. The standard InChI is InChI=1S/C36H49N3O6/c1-5-19-43-35(42)37-28-11-8-10-27(20-28)34-44-29(21-32(45-34)26-15-13-24(23-40)14-16-26)22-39-30-12-7-6-9-25(30)17-18-31(39)33(41)38-36(2,3)4/h5,8,10-11,13-16,20,25,29-32,34,40H,1,6-7,9,12,17-19,21-23H2,2-4H3,(H,37,42)(H,38,41)/t25-,29-,30-,31-,32+,34+/m1/s1. The van der Waals surface area contributed by atoms with Crippen LogP contribution in [0.15, 0.2) is 61.2 Å². The molecule has 0 spiro atoms. The number of piperidine rings is 1. The summed E-state index contributed by atoms with van der Waals surface area (Å²) in [5.74, 6) is 0.687. The highest BCUT2D eigenvalue weighted by Gasteiger charge is 2.44. The second kappa shape index (κ2) is 14.9. The van der Waals surface area contributed by atoms with Gasteiger partial charge in [-0.3, -0.25) is 15.0 Å². The monoisotopic (exact) mass is 619 g/mol. The third-order valence-electron chi connectivity index (χ3n) is 9.07. The summed E-state index contributed by atoms with van der Waals surface area (Å²) >= 11 is 0. The topological polar surface area (TPSA) is 109 Å². The third-order valence-corrected chi connectivity index (χ3v) is 9.07. The fraction of sp³-hybridized carbons (Fsp3) is 0.556. The summed E-state index contributed by atoms with van der Waals surface area (Å²) in [5.41, 5.74) is 2.87. The molecule has 45 heavy (non-hydrogen) atoms. The third kappa shape index (κ3) is 8.73. The van der Waals surface area contributed by atoms with Gasteiger partial charge in [0.2, 0.25) is 5.91 Å². The highest BCUT2D eigenvalue weighted by Crippen LogP contribution is 2.42. The van der Waals surface area contributed by atoms with Crippen LogP contribution in [0.4, 0.5) is 10.5 Å². The van der Waals surface area contributed by atoms with Crippen molar-refractivity contribution in [1.29, 1.82) is 0 Å². The second-order valence-electron chi connectivity index (χ2n) is 13.6. The van der Waals surface area contributed by atoms with Crippen LogP contribution in [0.1, 0.15) is 94.8 Å². The van der Waals surface area contributed by atoms with Crippen molar-refractivity contribution in [2.75, 3.05) is 18.5 Å². The number of nitrogens with zero attached hydrogens (tertiary/aromatic N) is 1. The van der Waals surface area contributed by atoms with Crippen molar-refractivity contribution in [3.63, 3.8) is 0 Å². The number of benzene rings is 2. The van der Waals surface area contributed by atoms with E-state index in [2.05, 4.69) is 22.1 Å². The van der Waals surface area contributed by atoms with Crippen LogP contribution in [0, 0.1) is 5.92 Å². The predicted octanol–water partition coefficient (Wildman–Crippen LogP) is 6.40. The average molecular weight is 620 g/mol. The number of anilines is 1. The maximum atomic E-state index is 13.7. The lowest BCUT2D eigenvalue weighted by Crippen LogP contribution is -2.61. The molecule has 0 radical (unpaired) electrons. The zero-order valence-electron chi connectivity index (χ0n) is 26.9. The molecule has 1 saturated carbocycles. The number of hydrogen-bond donors (Lipinski definition) is 3. The van der Waals surface area contributed by atoms with Crippen LogP contribution in [0.2, 0.25) is 0 Å². The van der Waals surface area contributed by atoms with E-state index in [1.165, 1.54) is 25.3 Å². The number of likely N-dealkylation sites (tertiary alicyclic amines) is 1. The van der Waals surface area contributed by atoms with Gasteiger partial charge in [-0.2, -0.15) is 0 Å². The van der Waals surface area contributed by atoms with Crippen molar-refractivity contribution in [3.8, 4) is 0 Å². The summed E-state index contributed by atoms with van der Waals surface area (Å²) in [6.45, 7) is 10.4. The number of rotatable bonds is 9. The summed E-state index contributed by atoms with van der Waals surface area (Å²) < 4.78 is 18.4. The number of aliphatic hydroxyl groups excluding tert-OH is 1. The van der Waals surface area contributed by atoms with Gasteiger partial charge in [-0.05, 0) is 75.6 Å². The number of ether oxygens (including phenoxy) is 3. The van der Waals surface area contributed by atoms with Crippen LogP contribution in [0.5, 0.6) is 0 Å². The first-order valence-corrected chi connectivity index (χ1v) is 16.4. The van der Waals surface area contributed by atoms with Gasteiger partial charge in [-0.15, -0.1) is 0 Å². The van der Waals surface area contributed by atoms with Gasteiger partial charge in [0.15, 0.2) is 6.29 Å². The number of hydrogen-bond acceptors (Lipinski definition) is 7. The molecule has 2 aliphatic heterocycles. The molecule has 0 unspecified atom stereocenters. The molecule has 9 heteroatoms. The van der Waals surface area contributed by atoms with Crippen LogP contribution in [-0.2, 0) is 25.6 Å². The molecule has 3 aliphatic rings. The van der Waals surface area contributed by atoms with Crippen LogP contribution in [0.3, 0.4) is 0 Å². The van der Waals surface area contributed by atoms with E-state index >= 15 is 0 Å². The number of carbonyl (C=O) groups excluding carboxylic acids is 2. The minimum Gasteiger partial charge on any atom is -0.445 e. The Labute approximate surface area is 267 Å². The van der Waals surface area contributed by atoms with Crippen LogP contribution < -0.4 is 10.6 Å². The van der Waals surface area contributed by atoms with Crippen LogP contribution in [0.25, 0.3) is 0 Å². The summed E-state index contributed by atoms with van der Waals surface area (Å²) in [7, 11) is 0. The maximum Gasteiger partial charge on any atom is 0.411 e. The van der Waals surface area contributed by atoms with Crippen molar-refractivity contribution in [2.45, 2.75) is 108 Å². The highest BCUT2D eigenvalue weighted by atomic mass is 16.7. The van der Waals surface area contributed by atoms with Gasteiger partial charge in [0.25, 0.3) is 0 Å². The number of carbonyl (C=O) groups is 2. The summed E-state index contributed by atoms with van der Waals surface area (Å²) in [6.07, 6.45) is 7.08. The van der Waals surface area contributed by atoms with E-state index in [-0.39, 0.29) is 42.9 Å². The maximum absolute atomic E-state index is 13.7. The molecule has 2 saturated heterocycles. The lowest BCUT2D eigenvalue weighted by molar-refractivity contribution is -0.255. The zero-order valence-corrected chi connectivity index (χ0v) is 26.9. The average Bonchev–Trinajstić information content (AvgIpc) is 3.03. The minimum absolute atomic E-state index is 0.0231. The second-order valence-corrected chi connectivity index (χ2v) is 13.6. The van der Waals surface area contributed by atoms with Gasteiger partial charge in [0, 0.05) is 35.8 Å². The van der Waals surface area contributed by atoms with E-state index in [9.17, 15) is 14.7 Å². The molecule has 6 atom stereocenters. The van der Waals surface area contributed by atoms with Crippen molar-refractivity contribution in [2.24, 2.45) is 5.92 Å². The normalized spacial score (nSPS) is 27.2. The lowest BCUT2D eigenvalue weighted by atomic mass is 9.75. The van der Waals surface area contributed by atoms with Gasteiger partial charge < -0.3 is 24.6 Å². The number of aliphatic hydroxyl groups is 1. The molecule has 244 valence electrons. The molecule has 9 nitrogen and oxygen atoms in total. The Balaban J connectivity index is 1.41. The number of nitrogens with one attached hydrogen (secondary N) is 2. The van der Waals surface area contributed by atoms with Gasteiger partial charge in [-0.25, -0.2) is 4.79 Å². The Morgan fingerprint density at radius 2 is 1.82 bits per heavy atom. The van der Waals surface area contributed by atoms with E-state index in [0.717, 1.165) is 36.0 Å². The van der Waals surface area contributed by atoms with E-state index in [0.29, 0.717) is 30.6 Å². The smallest absolute Gasteiger partial charge is 0.411 e. The van der Waals surface area contributed by atoms with Crippen molar-refractivity contribution in [1.82, 2.24) is 10.2 Å². The van der Waals surface area contributed by atoms with Gasteiger partial charge in [0.1, 0.15) is 6.61 Å². The van der Waals surface area contributed by atoms with Crippen molar-refractivity contribution < 1.29 is 28.9 Å². The van der Waals surface area contributed by atoms with Crippen molar-refractivity contribution in [3.05, 3.63) is 77.9 Å². The Kier molecular flexibility index (Phi) is 11.0. The van der Waals surface area contributed by atoms with Crippen LogP contribution >= 0.6 is 0 Å². The van der Waals surface area contributed by atoms with Gasteiger partial charge in [-0.1, -0.05) is 61.9 Å². The quantitative estimate of drug-likeness (QED) is 0.279. The lowest BCUT2D eigenvalue weighted by Gasteiger charge is -2.50. The number of amides is 2. The van der Waals surface area contributed by atoms with E-state index in [1.54, 1.807) is 6.07 Å². The van der Waals surface area contributed by atoms with E-state index < -0.39 is 12.4 Å². The Bertz CT molecular complexity index is 1310. The first kappa shape index (κ1) is 33.1. The molecule has 5 rings (SSSR count). The molecule has 3 fully saturated rings. The minimum atomic E-state index is -0.689. The molecule has 0 bridgehead atoms. The SMILES string of the molecule is C=CCOC(=O)Nc1cccc([C@H]2O[C@@H](CN3[C@@H](C(=O)NC(C)(C)C)CC[C@H]4CCCC[C@H]43)C[C@@H](c3ccc(CO)cc3)O2)c1. The molecule has 2 aromatic rings. The summed E-state index contributed by atoms with van der Waals surface area (Å²) in [5, 5.41) is 15.6. The first-order valence-electron chi connectivity index (χ1n) is 16.4. The Morgan fingerprint density at radius 1 is 1.04 bits per heavy atom. The number of fused-ring (bicyclic) bond motifs is 1. The van der Waals surface area contributed by atoms with Gasteiger partial charge in [0.05, 0.1) is 24.9 Å². The molecule has 0 aromatic heterocycles. The molecular weight excluding hydrogens is 570 g/mol. The zero-order chi connectivity index (χ0) is 32.0. The first-order chi connectivity index (χ1) is 21.6. The molecule has 2 amide bonds. The Morgan fingerprint density at radius 3 is 2.56 bits per heavy atom. The highest BCUT2D eigenvalue weighted by molar-refractivity contribution is 5.84. The summed E-state index contributed by atoms with van der Waals surface area (Å²) in [6, 6.07) is 15.4. The van der Waals surface area contributed by atoms with Gasteiger partial charge >= 0.3 is 6.09 Å². The predicted molar refractivity (Wildman–Crippen MR) is 173 cm³/mol. The molecule has 1 aliphatic carbocycles. The van der Waals surface area contributed by atoms with Crippen LogP contribution in [-0.4, -0.2) is 58.9 Å². The van der Waals surface area contributed by atoms with E-state index in [4.69, 9.17) is 14.2 Å². The largest absolute Gasteiger partial charge is 0.445 e. The fourth-order valence-corrected chi connectivity index (χ4v) is 7.05. The molecular formula is C36H49N3O6. The molecule has 2 heterocycles. The van der Waals surface area contributed by atoms with Crippen molar-refractivity contribution >= 4 is 17.7 Å². The fourth-order valence-electron chi connectivity index (χ4n) is 7.05. The Hall–Kier alpha value is -3.24. The molecule has 3 N–H and O–H groups in total. The molecule has 2 aromatic carbocycles. The van der Waals surface area contributed by atoms with E-state index in [1.807, 2.05) is 63.2 Å².